The van der Waals surface area contributed by atoms with Crippen molar-refractivity contribution in [3.05, 3.63) is 29.3 Å². The van der Waals surface area contributed by atoms with Crippen LogP contribution in [-0.2, 0) is 11.2 Å². The summed E-state index contributed by atoms with van der Waals surface area (Å²) < 4.78 is 11.2. The van der Waals surface area contributed by atoms with E-state index in [0.717, 1.165) is 25.0 Å². The Morgan fingerprint density at radius 2 is 2.09 bits per heavy atom. The summed E-state index contributed by atoms with van der Waals surface area (Å²) in [5.41, 5.74) is 2.86. The molecule has 3 heteroatoms. The molecule has 5 atom stereocenters. The fourth-order valence-corrected chi connectivity index (χ4v) is 5.31. The summed E-state index contributed by atoms with van der Waals surface area (Å²) in [6, 6.07) is 6.57. The molecule has 0 aromatic heterocycles. The van der Waals surface area contributed by atoms with Crippen molar-refractivity contribution in [2.24, 2.45) is 17.3 Å². The van der Waals surface area contributed by atoms with E-state index in [0.29, 0.717) is 24.4 Å². The highest BCUT2D eigenvalue weighted by Gasteiger charge is 2.60. The van der Waals surface area contributed by atoms with Crippen LogP contribution < -0.4 is 4.74 Å². The van der Waals surface area contributed by atoms with E-state index in [1.807, 2.05) is 6.92 Å². The smallest absolute Gasteiger partial charge is 0.168 e. The minimum atomic E-state index is -0.969. The number of hydrogen-bond donors (Lipinski definition) is 1. The fraction of sp³-hybridized carbons (Fsp3) is 0.684. The maximum atomic E-state index is 10.7. The van der Waals surface area contributed by atoms with Crippen molar-refractivity contribution in [2.45, 2.75) is 51.2 Å². The van der Waals surface area contributed by atoms with Crippen molar-refractivity contribution in [2.75, 3.05) is 13.7 Å². The third kappa shape index (κ3) is 1.82. The predicted molar refractivity (Wildman–Crippen MR) is 85.0 cm³/mol. The highest BCUT2D eigenvalue weighted by molar-refractivity contribution is 5.40. The topological polar surface area (TPSA) is 38.7 Å². The lowest BCUT2D eigenvalue weighted by molar-refractivity contribution is -0.217. The Labute approximate surface area is 132 Å². The summed E-state index contributed by atoms with van der Waals surface area (Å²) in [6.45, 7) is 4.79. The molecule has 22 heavy (non-hydrogen) atoms. The van der Waals surface area contributed by atoms with Gasteiger partial charge >= 0.3 is 0 Å². The average molecular weight is 302 g/mol. The highest BCUT2D eigenvalue weighted by Crippen LogP contribution is 2.61. The van der Waals surface area contributed by atoms with Gasteiger partial charge in [0.1, 0.15) is 5.75 Å². The molecule has 2 fully saturated rings. The van der Waals surface area contributed by atoms with Crippen molar-refractivity contribution in [3.63, 3.8) is 0 Å². The zero-order chi connectivity index (χ0) is 15.5. The van der Waals surface area contributed by atoms with Crippen LogP contribution in [0.2, 0.25) is 0 Å². The first-order valence-corrected chi connectivity index (χ1v) is 8.49. The molecule has 0 spiro atoms. The molecule has 120 valence electrons. The van der Waals surface area contributed by atoms with Crippen molar-refractivity contribution in [1.82, 2.24) is 0 Å². The molecule has 0 unspecified atom stereocenters. The third-order valence-electron chi connectivity index (χ3n) is 6.93. The lowest BCUT2D eigenvalue weighted by atomic mass is 9.54. The third-order valence-corrected chi connectivity index (χ3v) is 6.93. The number of methoxy groups -OCH3 is 1. The van der Waals surface area contributed by atoms with Crippen LogP contribution in [0.1, 0.15) is 50.2 Å². The van der Waals surface area contributed by atoms with Crippen LogP contribution in [0.15, 0.2) is 18.2 Å². The molecular weight excluding hydrogens is 276 g/mol. The van der Waals surface area contributed by atoms with Gasteiger partial charge in [-0.3, -0.25) is 0 Å². The summed E-state index contributed by atoms with van der Waals surface area (Å²) in [6.07, 6.45) is 4.50. The molecule has 1 N–H and O–H groups in total. The van der Waals surface area contributed by atoms with Gasteiger partial charge in [0, 0.05) is 5.41 Å². The normalized spacial score (nSPS) is 43.2. The maximum absolute atomic E-state index is 10.7. The molecule has 1 aromatic rings. The van der Waals surface area contributed by atoms with Gasteiger partial charge in [-0.15, -0.1) is 0 Å². The van der Waals surface area contributed by atoms with Gasteiger partial charge in [-0.2, -0.15) is 0 Å². The average Bonchev–Trinajstić information content (AvgIpc) is 2.76. The molecule has 1 saturated carbocycles. The Kier molecular flexibility index (Phi) is 3.11. The quantitative estimate of drug-likeness (QED) is 0.863. The molecule has 0 amide bonds. The van der Waals surface area contributed by atoms with E-state index in [1.54, 1.807) is 7.11 Å². The number of hydrogen-bond acceptors (Lipinski definition) is 3. The van der Waals surface area contributed by atoms with Crippen molar-refractivity contribution >= 4 is 0 Å². The highest BCUT2D eigenvalue weighted by atomic mass is 16.6. The van der Waals surface area contributed by atoms with E-state index in [2.05, 4.69) is 25.1 Å². The van der Waals surface area contributed by atoms with E-state index in [1.165, 1.54) is 17.5 Å². The lowest BCUT2D eigenvalue weighted by Gasteiger charge is -2.50. The van der Waals surface area contributed by atoms with Crippen LogP contribution in [0.25, 0.3) is 0 Å². The summed E-state index contributed by atoms with van der Waals surface area (Å²) in [5, 5.41) is 10.7. The second kappa shape index (κ2) is 4.72. The van der Waals surface area contributed by atoms with Crippen LogP contribution in [0.5, 0.6) is 5.75 Å². The summed E-state index contributed by atoms with van der Waals surface area (Å²) in [7, 11) is 1.73. The van der Waals surface area contributed by atoms with Gasteiger partial charge in [-0.1, -0.05) is 13.0 Å². The minimum Gasteiger partial charge on any atom is -0.497 e. The van der Waals surface area contributed by atoms with Crippen LogP contribution in [0.3, 0.4) is 0 Å². The van der Waals surface area contributed by atoms with Gasteiger partial charge in [0.25, 0.3) is 0 Å². The standard InChI is InChI=1S/C19H26O3/c1-18-9-8-15-14-7-5-13(21-3)10-12(14)4-6-16(15)17(18)11-22-19(18,2)20/h5,7,10,15-17,20H,4,6,8-9,11H2,1-3H3/t15-,16-,17+,18+,19+/m1/s1. The predicted octanol–water partition coefficient (Wildman–Crippen LogP) is 3.50. The number of fused-ring (bicyclic) bond motifs is 5. The van der Waals surface area contributed by atoms with Gasteiger partial charge in [-0.25, -0.2) is 0 Å². The molecule has 1 heterocycles. The van der Waals surface area contributed by atoms with Crippen molar-refractivity contribution in [1.29, 1.82) is 0 Å². The SMILES string of the molecule is COc1ccc2c(c1)CC[C@@H]1[C@@H]2CC[C@@]2(C)[C@H]1CO[C@]2(C)O. The molecular formula is C19H26O3. The van der Waals surface area contributed by atoms with Crippen LogP contribution >= 0.6 is 0 Å². The molecule has 2 aliphatic carbocycles. The van der Waals surface area contributed by atoms with Crippen LogP contribution in [0.4, 0.5) is 0 Å². The van der Waals surface area contributed by atoms with E-state index >= 15 is 0 Å². The Balaban J connectivity index is 1.69. The van der Waals surface area contributed by atoms with Gasteiger partial charge in [-0.05, 0) is 73.6 Å². The summed E-state index contributed by atoms with van der Waals surface area (Å²) in [4.78, 5) is 0. The molecule has 1 saturated heterocycles. The first-order chi connectivity index (χ1) is 10.5. The largest absolute Gasteiger partial charge is 0.497 e. The minimum absolute atomic E-state index is 0.0991. The molecule has 1 aromatic carbocycles. The molecule has 3 aliphatic rings. The maximum Gasteiger partial charge on any atom is 0.168 e. The molecule has 4 rings (SSSR count). The van der Waals surface area contributed by atoms with E-state index in [-0.39, 0.29) is 5.41 Å². The fourth-order valence-electron chi connectivity index (χ4n) is 5.31. The van der Waals surface area contributed by atoms with Crippen LogP contribution in [-0.4, -0.2) is 24.6 Å². The summed E-state index contributed by atoms with van der Waals surface area (Å²) >= 11 is 0. The Hall–Kier alpha value is -1.06. The van der Waals surface area contributed by atoms with Gasteiger partial charge < -0.3 is 14.6 Å². The molecule has 3 nitrogen and oxygen atoms in total. The second-order valence-corrected chi connectivity index (χ2v) is 7.73. The molecule has 1 aliphatic heterocycles. The van der Waals surface area contributed by atoms with Gasteiger partial charge in [0.15, 0.2) is 5.79 Å². The number of aliphatic hydroxyl groups is 1. The lowest BCUT2D eigenvalue weighted by Crippen LogP contribution is -2.49. The Morgan fingerprint density at radius 3 is 2.86 bits per heavy atom. The van der Waals surface area contributed by atoms with Crippen LogP contribution in [0, 0.1) is 17.3 Å². The zero-order valence-electron chi connectivity index (χ0n) is 13.8. The van der Waals surface area contributed by atoms with Crippen molar-refractivity contribution in [3.8, 4) is 5.75 Å². The van der Waals surface area contributed by atoms with E-state index in [9.17, 15) is 5.11 Å². The van der Waals surface area contributed by atoms with E-state index in [4.69, 9.17) is 9.47 Å². The Bertz CT molecular complexity index is 594. The molecule has 0 radical (unpaired) electrons. The van der Waals surface area contributed by atoms with Gasteiger partial charge in [0.05, 0.1) is 13.7 Å². The van der Waals surface area contributed by atoms with Gasteiger partial charge in [0.2, 0.25) is 0 Å². The first-order valence-electron chi connectivity index (χ1n) is 8.49. The molecule has 0 bridgehead atoms. The number of benzene rings is 1. The first kappa shape index (κ1) is 14.5. The number of aryl methyl sites for hydroxylation is 1. The van der Waals surface area contributed by atoms with Crippen molar-refractivity contribution < 1.29 is 14.6 Å². The zero-order valence-corrected chi connectivity index (χ0v) is 13.8. The second-order valence-electron chi connectivity index (χ2n) is 7.73. The Morgan fingerprint density at radius 1 is 1.27 bits per heavy atom. The monoisotopic (exact) mass is 302 g/mol. The van der Waals surface area contributed by atoms with E-state index < -0.39 is 5.79 Å². The number of ether oxygens (including phenoxy) is 2. The number of rotatable bonds is 1. The summed E-state index contributed by atoms with van der Waals surface area (Å²) in [5.74, 6) is 1.71.